The summed E-state index contributed by atoms with van der Waals surface area (Å²) in [4.78, 5) is 0. The van der Waals surface area contributed by atoms with Crippen LogP contribution in [0.2, 0.25) is 0 Å². The molecule has 0 spiro atoms. The summed E-state index contributed by atoms with van der Waals surface area (Å²) >= 11 is 0. The molecule has 0 fully saturated rings. The van der Waals surface area contributed by atoms with Gasteiger partial charge >= 0.3 is 6.18 Å². The molecule has 1 aliphatic heterocycles. The molecular weight excluding hydrogens is 411 g/mol. The minimum Gasteiger partial charge on any atom is -0.450 e. The third-order valence-electron chi connectivity index (χ3n) is 6.88. The van der Waals surface area contributed by atoms with E-state index in [4.69, 9.17) is 4.74 Å². The second kappa shape index (κ2) is 6.71. The van der Waals surface area contributed by atoms with Crippen molar-refractivity contribution in [3.8, 4) is 22.8 Å². The average Bonchev–Trinajstić information content (AvgIpc) is 2.71. The van der Waals surface area contributed by atoms with Crippen molar-refractivity contribution in [1.82, 2.24) is 0 Å². The van der Waals surface area contributed by atoms with E-state index in [2.05, 4.69) is 30.5 Å². The largest absolute Gasteiger partial charge is 0.450 e. The number of pyridine rings is 1. The van der Waals surface area contributed by atoms with Crippen molar-refractivity contribution < 1.29 is 22.5 Å². The third-order valence-corrected chi connectivity index (χ3v) is 6.88. The van der Waals surface area contributed by atoms with Crippen molar-refractivity contribution in [3.63, 3.8) is 0 Å². The van der Waals surface area contributed by atoms with Crippen LogP contribution in [0.25, 0.3) is 32.9 Å². The van der Waals surface area contributed by atoms with E-state index in [-0.39, 0.29) is 6.42 Å². The molecule has 164 valence electrons. The van der Waals surface area contributed by atoms with Crippen LogP contribution in [0.4, 0.5) is 13.2 Å². The highest BCUT2D eigenvalue weighted by atomic mass is 19.4. The predicted octanol–water partition coefficient (Wildman–Crippen LogP) is 7.34. The van der Waals surface area contributed by atoms with E-state index in [0.717, 1.165) is 38.7 Å². The lowest BCUT2D eigenvalue weighted by atomic mass is 9.83. The van der Waals surface area contributed by atoms with E-state index in [1.165, 1.54) is 25.0 Å². The number of nitrogens with zero attached hydrogens (tertiary/aromatic N) is 1. The van der Waals surface area contributed by atoms with Crippen LogP contribution >= 0.6 is 0 Å². The Morgan fingerprint density at radius 1 is 0.938 bits per heavy atom. The summed E-state index contributed by atoms with van der Waals surface area (Å²) in [5.41, 5.74) is 4.17. The smallest absolute Gasteiger partial charge is 0.394 e. The zero-order valence-corrected chi connectivity index (χ0v) is 18.8. The summed E-state index contributed by atoms with van der Waals surface area (Å²) in [6.45, 7) is 6.72. The van der Waals surface area contributed by atoms with Crippen molar-refractivity contribution in [3.05, 3.63) is 65.2 Å². The Hall–Kier alpha value is -3.08. The zero-order chi connectivity index (χ0) is 23.0. The molecule has 32 heavy (non-hydrogen) atoms. The molecule has 0 radical (unpaired) electrons. The molecule has 3 aromatic carbocycles. The fourth-order valence-corrected chi connectivity index (χ4v) is 4.80. The van der Waals surface area contributed by atoms with Gasteiger partial charge in [0.1, 0.15) is 12.8 Å². The minimum absolute atomic E-state index is 0.100. The molecule has 0 bridgehead atoms. The molecule has 2 nitrogen and oxygen atoms in total. The molecule has 0 N–H and O–H groups in total. The van der Waals surface area contributed by atoms with Gasteiger partial charge in [0.25, 0.3) is 5.69 Å². The van der Waals surface area contributed by atoms with E-state index >= 15 is 0 Å². The van der Waals surface area contributed by atoms with Gasteiger partial charge in [-0.2, -0.15) is 17.7 Å². The molecule has 1 aromatic heterocycles. The van der Waals surface area contributed by atoms with E-state index in [9.17, 15) is 13.2 Å². The Kier molecular flexibility index (Phi) is 4.36. The topological polar surface area (TPSA) is 13.1 Å². The quantitative estimate of drug-likeness (QED) is 0.264. The molecule has 0 aliphatic carbocycles. The first-order valence-corrected chi connectivity index (χ1v) is 10.7. The van der Waals surface area contributed by atoms with Crippen LogP contribution in [-0.2, 0) is 13.5 Å². The first-order chi connectivity index (χ1) is 15.0. The molecule has 0 saturated carbocycles. The van der Waals surface area contributed by atoms with E-state index in [1.54, 1.807) is 6.07 Å². The van der Waals surface area contributed by atoms with Crippen LogP contribution in [0.1, 0.15) is 30.5 Å². The maximum absolute atomic E-state index is 13.6. The number of aryl methyl sites for hydroxylation is 2. The monoisotopic (exact) mass is 436 g/mol. The Morgan fingerprint density at radius 3 is 2.38 bits per heavy atom. The van der Waals surface area contributed by atoms with Gasteiger partial charge < -0.3 is 4.74 Å². The van der Waals surface area contributed by atoms with E-state index in [0.29, 0.717) is 11.3 Å². The number of halogens is 3. The first-order valence-electron chi connectivity index (χ1n) is 10.7. The van der Waals surface area contributed by atoms with Gasteiger partial charge in [-0.3, -0.25) is 0 Å². The maximum atomic E-state index is 13.6. The van der Waals surface area contributed by atoms with Gasteiger partial charge in [0, 0.05) is 17.5 Å². The lowest BCUT2D eigenvalue weighted by Gasteiger charge is -2.28. The lowest BCUT2D eigenvalue weighted by Crippen LogP contribution is -2.35. The molecular formula is C27H25F3NO+. The van der Waals surface area contributed by atoms with E-state index in [1.807, 2.05) is 37.4 Å². The van der Waals surface area contributed by atoms with Crippen molar-refractivity contribution in [2.24, 2.45) is 12.5 Å². The van der Waals surface area contributed by atoms with Gasteiger partial charge in [-0.25, -0.2) is 0 Å². The van der Waals surface area contributed by atoms with Crippen molar-refractivity contribution in [1.29, 1.82) is 0 Å². The standard InChI is InChI=1S/C27H25F3NO/c1-15-12-17-8-7-11-21-24(17)23(16(15)2)25-22(32-21)13-19-18(9-6-10-20(19)31(25)5)14-26(3,4)27(28,29)30/h6-13H,14H2,1-5H3/q+1. The normalized spacial score (nSPS) is 13.4. The van der Waals surface area contributed by atoms with Crippen LogP contribution in [-0.4, -0.2) is 6.18 Å². The summed E-state index contributed by atoms with van der Waals surface area (Å²) in [7, 11) is 1.96. The van der Waals surface area contributed by atoms with Crippen LogP contribution in [0.5, 0.6) is 11.5 Å². The molecule has 0 saturated heterocycles. The number of aromatic nitrogens is 1. The fourth-order valence-electron chi connectivity index (χ4n) is 4.80. The number of benzene rings is 3. The van der Waals surface area contributed by atoms with Gasteiger partial charge in [0.2, 0.25) is 5.52 Å². The average molecular weight is 436 g/mol. The molecule has 5 rings (SSSR count). The van der Waals surface area contributed by atoms with Crippen LogP contribution in [0.3, 0.4) is 0 Å². The maximum Gasteiger partial charge on any atom is 0.394 e. The summed E-state index contributed by atoms with van der Waals surface area (Å²) < 4.78 is 49.3. The van der Waals surface area contributed by atoms with Crippen molar-refractivity contribution in [2.45, 2.75) is 40.3 Å². The second-order valence-electron chi connectivity index (χ2n) is 9.47. The molecule has 2 heterocycles. The van der Waals surface area contributed by atoms with Crippen molar-refractivity contribution in [2.75, 3.05) is 0 Å². The molecule has 5 heteroatoms. The summed E-state index contributed by atoms with van der Waals surface area (Å²) in [5.74, 6) is 1.45. The Balaban J connectivity index is 1.81. The lowest BCUT2D eigenvalue weighted by molar-refractivity contribution is -0.633. The van der Waals surface area contributed by atoms with Gasteiger partial charge in [-0.15, -0.1) is 0 Å². The third kappa shape index (κ3) is 2.90. The second-order valence-corrected chi connectivity index (χ2v) is 9.47. The highest BCUT2D eigenvalue weighted by molar-refractivity contribution is 6.05. The van der Waals surface area contributed by atoms with E-state index < -0.39 is 11.6 Å². The number of alkyl halides is 3. The number of hydrogen-bond donors (Lipinski definition) is 0. The minimum atomic E-state index is -4.29. The Labute approximate surface area is 185 Å². The van der Waals surface area contributed by atoms with Crippen molar-refractivity contribution >= 4 is 21.7 Å². The number of hydrogen-bond acceptors (Lipinski definition) is 1. The summed E-state index contributed by atoms with van der Waals surface area (Å²) in [6.07, 6.45) is -4.39. The Morgan fingerprint density at radius 2 is 1.66 bits per heavy atom. The fraction of sp³-hybridized carbons (Fsp3) is 0.296. The van der Waals surface area contributed by atoms with Crippen LogP contribution < -0.4 is 9.30 Å². The van der Waals surface area contributed by atoms with Crippen LogP contribution in [0.15, 0.2) is 48.5 Å². The SMILES string of the molecule is Cc1cc2cccc3c2c(c1C)-c1c(cc2c(CC(C)(C)C(F)(F)F)cccc2[n+]1C)O3. The molecule has 1 aliphatic rings. The van der Waals surface area contributed by atoms with Gasteiger partial charge in [-0.1, -0.05) is 44.2 Å². The zero-order valence-electron chi connectivity index (χ0n) is 18.8. The highest BCUT2D eigenvalue weighted by Crippen LogP contribution is 2.48. The van der Waals surface area contributed by atoms with Gasteiger partial charge in [-0.05, 0) is 48.4 Å². The molecule has 4 aromatic rings. The number of rotatable bonds is 2. The van der Waals surface area contributed by atoms with Crippen LogP contribution in [0, 0.1) is 19.3 Å². The summed E-state index contributed by atoms with van der Waals surface area (Å²) in [5, 5.41) is 2.98. The molecule has 0 atom stereocenters. The Bertz CT molecular complexity index is 1420. The van der Waals surface area contributed by atoms with Gasteiger partial charge in [0.05, 0.1) is 16.4 Å². The predicted molar refractivity (Wildman–Crippen MR) is 121 cm³/mol. The number of fused-ring (bicyclic) bond motifs is 3. The molecule has 0 unspecified atom stereocenters. The first kappa shape index (κ1) is 20.8. The number of ether oxygens (including phenoxy) is 1. The molecule has 0 amide bonds. The summed E-state index contributed by atoms with van der Waals surface area (Å²) in [6, 6.07) is 15.7. The van der Waals surface area contributed by atoms with Gasteiger partial charge in [0.15, 0.2) is 5.75 Å². The highest BCUT2D eigenvalue weighted by Gasteiger charge is 2.47.